The molecule has 1 saturated heterocycles. The molecule has 6 heteroatoms. The molecular weight excluding hydrogens is 274 g/mol. The number of aromatic nitrogens is 4. The summed E-state index contributed by atoms with van der Waals surface area (Å²) < 4.78 is 1.78. The van der Waals surface area contributed by atoms with Gasteiger partial charge in [0.15, 0.2) is 0 Å². The molecule has 3 rings (SSSR count). The van der Waals surface area contributed by atoms with Gasteiger partial charge in [0.05, 0.1) is 0 Å². The van der Waals surface area contributed by atoms with Crippen LogP contribution in [0.25, 0.3) is 0 Å². The van der Waals surface area contributed by atoms with Crippen molar-refractivity contribution in [1.82, 2.24) is 25.1 Å². The number of aryl methyl sites for hydroxylation is 1. The molecule has 1 fully saturated rings. The Morgan fingerprint density at radius 3 is 2.95 bits per heavy atom. The Morgan fingerprint density at radius 1 is 1.25 bits per heavy atom. The molecule has 1 aliphatic rings. The van der Waals surface area contributed by atoms with E-state index in [9.17, 15) is 0 Å². The van der Waals surface area contributed by atoms with Crippen LogP contribution in [0.2, 0.25) is 5.02 Å². The van der Waals surface area contributed by atoms with Gasteiger partial charge in [0.25, 0.3) is 0 Å². The lowest BCUT2D eigenvalue weighted by molar-refractivity contribution is 0.317. The Balaban J connectivity index is 1.49. The van der Waals surface area contributed by atoms with Crippen molar-refractivity contribution in [2.45, 2.75) is 25.3 Å². The molecule has 1 atom stereocenters. The molecule has 0 spiro atoms. The van der Waals surface area contributed by atoms with Gasteiger partial charge in [-0.3, -0.25) is 0 Å². The minimum Gasteiger partial charge on any atom is -0.303 e. The molecule has 0 saturated carbocycles. The third-order valence-electron chi connectivity index (χ3n) is 3.87. The fraction of sp³-hybridized carbons (Fsp3) is 0.500. The average molecular weight is 292 g/mol. The van der Waals surface area contributed by atoms with Crippen LogP contribution < -0.4 is 0 Å². The highest BCUT2D eigenvalue weighted by atomic mass is 35.5. The Morgan fingerprint density at radius 2 is 2.15 bits per heavy atom. The van der Waals surface area contributed by atoms with Gasteiger partial charge < -0.3 is 4.90 Å². The molecule has 1 aromatic carbocycles. The van der Waals surface area contributed by atoms with Crippen LogP contribution in [0.5, 0.6) is 0 Å². The van der Waals surface area contributed by atoms with E-state index in [0.29, 0.717) is 5.92 Å². The zero-order chi connectivity index (χ0) is 13.8. The van der Waals surface area contributed by atoms with Crippen LogP contribution in [-0.4, -0.2) is 44.7 Å². The zero-order valence-corrected chi connectivity index (χ0v) is 12.1. The maximum atomic E-state index is 6.28. The summed E-state index contributed by atoms with van der Waals surface area (Å²) in [5.74, 6) is 0.566. The smallest absolute Gasteiger partial charge is 0.138 e. The lowest BCUT2D eigenvalue weighted by Crippen LogP contribution is -2.22. The molecule has 0 radical (unpaired) electrons. The van der Waals surface area contributed by atoms with Gasteiger partial charge >= 0.3 is 0 Å². The predicted molar refractivity (Wildman–Crippen MR) is 77.7 cm³/mol. The molecule has 2 aromatic rings. The highest BCUT2D eigenvalue weighted by molar-refractivity contribution is 6.31. The molecule has 5 nitrogen and oxygen atoms in total. The van der Waals surface area contributed by atoms with Crippen LogP contribution in [-0.2, 0) is 6.54 Å². The van der Waals surface area contributed by atoms with Crippen LogP contribution >= 0.6 is 11.6 Å². The van der Waals surface area contributed by atoms with E-state index >= 15 is 0 Å². The average Bonchev–Trinajstić information content (AvgIpc) is 3.11. The topological polar surface area (TPSA) is 46.8 Å². The first-order valence-corrected chi connectivity index (χ1v) is 7.38. The van der Waals surface area contributed by atoms with E-state index in [1.54, 1.807) is 11.0 Å². The largest absolute Gasteiger partial charge is 0.303 e. The predicted octanol–water partition coefficient (Wildman–Crippen LogP) is 2.21. The third kappa shape index (κ3) is 3.16. The maximum Gasteiger partial charge on any atom is 0.138 e. The van der Waals surface area contributed by atoms with E-state index in [1.807, 2.05) is 12.1 Å². The first-order valence-electron chi connectivity index (χ1n) is 7.00. The lowest BCUT2D eigenvalue weighted by atomic mass is 9.98. The molecule has 1 aromatic heterocycles. The number of halogens is 1. The summed E-state index contributed by atoms with van der Waals surface area (Å²) in [6.07, 6.45) is 3.92. The van der Waals surface area contributed by atoms with E-state index in [2.05, 4.69) is 32.6 Å². The van der Waals surface area contributed by atoms with E-state index < -0.39 is 0 Å². The fourth-order valence-corrected chi connectivity index (χ4v) is 3.12. The number of benzene rings is 1. The van der Waals surface area contributed by atoms with Crippen molar-refractivity contribution in [1.29, 1.82) is 0 Å². The monoisotopic (exact) mass is 291 g/mol. The Hall–Kier alpha value is -1.46. The van der Waals surface area contributed by atoms with Crippen LogP contribution in [0.3, 0.4) is 0 Å². The first-order chi connectivity index (χ1) is 9.83. The van der Waals surface area contributed by atoms with Gasteiger partial charge in [0, 0.05) is 18.1 Å². The van der Waals surface area contributed by atoms with Gasteiger partial charge in [0.1, 0.15) is 6.33 Å². The Kier molecular flexibility index (Phi) is 4.28. The van der Waals surface area contributed by atoms with Gasteiger partial charge in [-0.2, -0.15) is 0 Å². The molecule has 1 unspecified atom stereocenters. The molecule has 20 heavy (non-hydrogen) atoms. The standard InChI is InChI=1S/C14H18ClN5/c15-14-5-2-1-4-13(14)12-6-9-19(10-12)7-3-8-20-11-16-17-18-20/h1-2,4-5,11-12H,3,6-10H2. The molecule has 1 aliphatic heterocycles. The fourth-order valence-electron chi connectivity index (χ4n) is 2.83. The maximum absolute atomic E-state index is 6.28. The van der Waals surface area contributed by atoms with Gasteiger partial charge in [-0.05, 0) is 53.9 Å². The van der Waals surface area contributed by atoms with Crippen LogP contribution in [0, 0.1) is 0 Å². The van der Waals surface area contributed by atoms with Crippen LogP contribution in [0.1, 0.15) is 24.3 Å². The summed E-state index contributed by atoms with van der Waals surface area (Å²) in [7, 11) is 0. The van der Waals surface area contributed by atoms with Gasteiger partial charge in [-0.15, -0.1) is 5.10 Å². The molecule has 0 amide bonds. The second kappa shape index (κ2) is 6.33. The molecular formula is C14H18ClN5. The minimum absolute atomic E-state index is 0.566. The Labute approximate surface area is 123 Å². The third-order valence-corrected chi connectivity index (χ3v) is 4.21. The molecule has 0 aliphatic carbocycles. The van der Waals surface area contributed by atoms with E-state index in [4.69, 9.17) is 11.6 Å². The number of hydrogen-bond donors (Lipinski definition) is 0. The number of tetrazole rings is 1. The van der Waals surface area contributed by atoms with Crippen molar-refractivity contribution in [2.24, 2.45) is 0 Å². The first kappa shape index (κ1) is 13.5. The van der Waals surface area contributed by atoms with E-state index in [-0.39, 0.29) is 0 Å². The van der Waals surface area contributed by atoms with E-state index in [1.165, 1.54) is 12.0 Å². The summed E-state index contributed by atoms with van der Waals surface area (Å²) in [5, 5.41) is 12.0. The van der Waals surface area contributed by atoms with Gasteiger partial charge in [-0.1, -0.05) is 29.8 Å². The summed E-state index contributed by atoms with van der Waals surface area (Å²) in [4.78, 5) is 2.50. The second-order valence-electron chi connectivity index (χ2n) is 5.23. The number of rotatable bonds is 5. The van der Waals surface area contributed by atoms with Crippen molar-refractivity contribution < 1.29 is 0 Å². The van der Waals surface area contributed by atoms with Gasteiger partial charge in [0.2, 0.25) is 0 Å². The van der Waals surface area contributed by atoms with Crippen LogP contribution in [0.15, 0.2) is 30.6 Å². The van der Waals surface area contributed by atoms with Crippen molar-refractivity contribution in [3.63, 3.8) is 0 Å². The highest BCUT2D eigenvalue weighted by Crippen LogP contribution is 2.31. The highest BCUT2D eigenvalue weighted by Gasteiger charge is 2.24. The summed E-state index contributed by atoms with van der Waals surface area (Å²) in [5.41, 5.74) is 1.29. The second-order valence-corrected chi connectivity index (χ2v) is 5.64. The molecule has 0 N–H and O–H groups in total. The zero-order valence-electron chi connectivity index (χ0n) is 11.3. The number of hydrogen-bond acceptors (Lipinski definition) is 4. The number of likely N-dealkylation sites (tertiary alicyclic amines) is 1. The summed E-state index contributed by atoms with van der Waals surface area (Å²) in [6.45, 7) is 4.20. The van der Waals surface area contributed by atoms with Crippen molar-refractivity contribution in [2.75, 3.05) is 19.6 Å². The van der Waals surface area contributed by atoms with Crippen molar-refractivity contribution in [3.05, 3.63) is 41.2 Å². The molecule has 2 heterocycles. The van der Waals surface area contributed by atoms with E-state index in [0.717, 1.165) is 37.6 Å². The molecule has 106 valence electrons. The Bertz CT molecular complexity index is 542. The number of nitrogens with zero attached hydrogens (tertiary/aromatic N) is 5. The normalized spacial score (nSPS) is 19.6. The van der Waals surface area contributed by atoms with Crippen molar-refractivity contribution >= 4 is 11.6 Å². The summed E-state index contributed by atoms with van der Waals surface area (Å²) >= 11 is 6.28. The van der Waals surface area contributed by atoms with Crippen molar-refractivity contribution in [3.8, 4) is 0 Å². The SMILES string of the molecule is Clc1ccccc1C1CCN(CCCn2cnnn2)C1. The minimum atomic E-state index is 0.566. The quantitative estimate of drug-likeness (QED) is 0.847. The van der Waals surface area contributed by atoms with Gasteiger partial charge in [-0.25, -0.2) is 4.68 Å². The molecule has 0 bridgehead atoms. The lowest BCUT2D eigenvalue weighted by Gasteiger charge is -2.16. The summed E-state index contributed by atoms with van der Waals surface area (Å²) in [6, 6.07) is 8.20. The van der Waals surface area contributed by atoms with Crippen LogP contribution in [0.4, 0.5) is 0 Å².